The second-order valence-corrected chi connectivity index (χ2v) is 4.25. The Morgan fingerprint density at radius 3 is 2.44 bits per heavy atom. The minimum atomic E-state index is 0.294. The molecule has 0 aliphatic heterocycles. The van der Waals surface area contributed by atoms with E-state index in [-0.39, 0.29) is 0 Å². The van der Waals surface area contributed by atoms with Gasteiger partial charge in [-0.15, -0.1) is 0 Å². The summed E-state index contributed by atoms with van der Waals surface area (Å²) in [4.78, 5) is 12.9. The normalized spacial score (nSPS) is 10.4. The van der Waals surface area contributed by atoms with Gasteiger partial charge in [-0.1, -0.05) is 0 Å². The quantitative estimate of drug-likeness (QED) is 0.863. The zero-order valence-corrected chi connectivity index (χ0v) is 10.8. The maximum absolute atomic E-state index is 4.50. The van der Waals surface area contributed by atoms with Crippen molar-refractivity contribution in [3.05, 3.63) is 30.6 Å². The highest BCUT2D eigenvalue weighted by atomic mass is 15.1. The van der Waals surface area contributed by atoms with Gasteiger partial charge in [0.25, 0.3) is 0 Å². The molecule has 2 rings (SSSR count). The van der Waals surface area contributed by atoms with E-state index in [9.17, 15) is 0 Å². The summed E-state index contributed by atoms with van der Waals surface area (Å²) in [5, 5.41) is 6.26. The molecule has 0 saturated heterocycles. The Hall–Kier alpha value is -2.17. The summed E-state index contributed by atoms with van der Waals surface area (Å²) in [7, 11) is 1.85. The van der Waals surface area contributed by atoms with Gasteiger partial charge in [-0.2, -0.15) is 4.98 Å². The van der Waals surface area contributed by atoms with E-state index >= 15 is 0 Å². The summed E-state index contributed by atoms with van der Waals surface area (Å²) in [6.45, 7) is 4.11. The third-order valence-corrected chi connectivity index (χ3v) is 2.38. The van der Waals surface area contributed by atoms with Crippen molar-refractivity contribution < 1.29 is 0 Å². The molecule has 2 heterocycles. The lowest BCUT2D eigenvalue weighted by molar-refractivity contribution is 0.875. The van der Waals surface area contributed by atoms with Gasteiger partial charge in [-0.05, 0) is 26.0 Å². The molecule has 0 aromatic carbocycles. The number of anilines is 2. The van der Waals surface area contributed by atoms with Crippen LogP contribution in [0.25, 0.3) is 11.3 Å². The molecule has 0 saturated carbocycles. The molecule has 0 aliphatic carbocycles. The molecule has 18 heavy (non-hydrogen) atoms. The van der Waals surface area contributed by atoms with E-state index in [0.717, 1.165) is 17.1 Å². The number of nitrogens with zero attached hydrogens (tertiary/aromatic N) is 3. The van der Waals surface area contributed by atoms with Crippen LogP contribution in [0.4, 0.5) is 11.8 Å². The molecule has 5 nitrogen and oxygen atoms in total. The Kier molecular flexibility index (Phi) is 3.72. The lowest BCUT2D eigenvalue weighted by atomic mass is 10.2. The highest BCUT2D eigenvalue weighted by Gasteiger charge is 2.06. The van der Waals surface area contributed by atoms with Crippen LogP contribution in [0.1, 0.15) is 13.8 Å². The van der Waals surface area contributed by atoms with E-state index < -0.39 is 0 Å². The first-order valence-electron chi connectivity index (χ1n) is 5.93. The summed E-state index contributed by atoms with van der Waals surface area (Å²) in [5.41, 5.74) is 1.90. The summed E-state index contributed by atoms with van der Waals surface area (Å²) in [6, 6.07) is 6.07. The van der Waals surface area contributed by atoms with Gasteiger partial charge in [0.2, 0.25) is 5.95 Å². The van der Waals surface area contributed by atoms with Gasteiger partial charge >= 0.3 is 0 Å². The van der Waals surface area contributed by atoms with Gasteiger partial charge in [-0.25, -0.2) is 4.98 Å². The van der Waals surface area contributed by atoms with Crippen LogP contribution in [0.3, 0.4) is 0 Å². The van der Waals surface area contributed by atoms with Crippen molar-refractivity contribution >= 4 is 11.8 Å². The highest BCUT2D eigenvalue weighted by Crippen LogP contribution is 2.20. The fraction of sp³-hybridized carbons (Fsp3) is 0.308. The van der Waals surface area contributed by atoms with Crippen LogP contribution >= 0.6 is 0 Å². The number of pyridine rings is 1. The maximum atomic E-state index is 4.50. The topological polar surface area (TPSA) is 62.7 Å². The van der Waals surface area contributed by atoms with Crippen LogP contribution in [0.2, 0.25) is 0 Å². The number of rotatable bonds is 4. The average molecular weight is 243 g/mol. The molecule has 0 radical (unpaired) electrons. The number of nitrogens with one attached hydrogen (secondary N) is 2. The molecule has 0 fully saturated rings. The molecule has 0 unspecified atom stereocenters. The average Bonchev–Trinajstić information content (AvgIpc) is 2.38. The summed E-state index contributed by atoms with van der Waals surface area (Å²) in [5.74, 6) is 1.42. The molecule has 0 amide bonds. The van der Waals surface area contributed by atoms with Gasteiger partial charge in [0, 0.05) is 37.1 Å². The molecule has 5 heteroatoms. The fourth-order valence-corrected chi connectivity index (χ4v) is 1.57. The maximum Gasteiger partial charge on any atom is 0.225 e. The Labute approximate surface area is 107 Å². The molecule has 0 spiro atoms. The Bertz CT molecular complexity index is 510. The van der Waals surface area contributed by atoms with Crippen LogP contribution in [-0.4, -0.2) is 28.0 Å². The minimum Gasteiger partial charge on any atom is -0.373 e. The van der Waals surface area contributed by atoms with Crippen molar-refractivity contribution in [2.45, 2.75) is 19.9 Å². The smallest absolute Gasteiger partial charge is 0.225 e. The molecule has 0 aliphatic rings. The second-order valence-electron chi connectivity index (χ2n) is 4.25. The first-order chi connectivity index (χ1) is 8.69. The summed E-state index contributed by atoms with van der Waals surface area (Å²) < 4.78 is 0. The second kappa shape index (κ2) is 5.44. The van der Waals surface area contributed by atoms with Crippen molar-refractivity contribution in [3.63, 3.8) is 0 Å². The lowest BCUT2D eigenvalue weighted by Crippen LogP contribution is -2.13. The van der Waals surface area contributed by atoms with Crippen molar-refractivity contribution in [2.75, 3.05) is 17.7 Å². The van der Waals surface area contributed by atoms with E-state index in [1.165, 1.54) is 0 Å². The van der Waals surface area contributed by atoms with Crippen molar-refractivity contribution in [1.82, 2.24) is 15.0 Å². The van der Waals surface area contributed by atoms with Gasteiger partial charge in [0.15, 0.2) is 0 Å². The van der Waals surface area contributed by atoms with Crippen LogP contribution in [0.15, 0.2) is 30.6 Å². The zero-order valence-electron chi connectivity index (χ0n) is 10.8. The third-order valence-electron chi connectivity index (χ3n) is 2.38. The molecule has 2 aromatic heterocycles. The van der Waals surface area contributed by atoms with E-state index in [4.69, 9.17) is 0 Å². The highest BCUT2D eigenvalue weighted by molar-refractivity contribution is 5.63. The van der Waals surface area contributed by atoms with Crippen molar-refractivity contribution in [3.8, 4) is 11.3 Å². The summed E-state index contributed by atoms with van der Waals surface area (Å²) >= 11 is 0. The lowest BCUT2D eigenvalue weighted by Gasteiger charge is -2.11. The van der Waals surface area contributed by atoms with Crippen molar-refractivity contribution in [2.24, 2.45) is 0 Å². The Balaban J connectivity index is 2.41. The predicted molar refractivity (Wildman–Crippen MR) is 73.6 cm³/mol. The number of hydrogen-bond acceptors (Lipinski definition) is 5. The zero-order chi connectivity index (χ0) is 13.0. The molecular weight excluding hydrogens is 226 g/mol. The van der Waals surface area contributed by atoms with E-state index in [2.05, 4.69) is 39.4 Å². The first-order valence-corrected chi connectivity index (χ1v) is 5.93. The molecule has 0 bridgehead atoms. The van der Waals surface area contributed by atoms with Crippen LogP contribution in [0, 0.1) is 0 Å². The van der Waals surface area contributed by atoms with E-state index in [1.54, 1.807) is 12.4 Å². The molecular formula is C13H17N5. The monoisotopic (exact) mass is 243 g/mol. The number of aromatic nitrogens is 3. The minimum absolute atomic E-state index is 0.294. The Morgan fingerprint density at radius 1 is 1.11 bits per heavy atom. The standard InChI is InChI=1S/C13H17N5/c1-9(2)16-13-17-11(8-12(14-3)18-13)10-4-6-15-7-5-10/h4-9H,1-3H3,(H2,14,16,17,18). The number of hydrogen-bond donors (Lipinski definition) is 2. The van der Waals surface area contributed by atoms with Gasteiger partial charge in [0.1, 0.15) is 5.82 Å². The first kappa shape index (κ1) is 12.3. The fourth-order valence-electron chi connectivity index (χ4n) is 1.57. The van der Waals surface area contributed by atoms with E-state index in [0.29, 0.717) is 12.0 Å². The molecule has 0 atom stereocenters. The van der Waals surface area contributed by atoms with Crippen molar-refractivity contribution in [1.29, 1.82) is 0 Å². The molecule has 2 N–H and O–H groups in total. The molecule has 94 valence electrons. The molecule has 2 aromatic rings. The van der Waals surface area contributed by atoms with Gasteiger partial charge < -0.3 is 10.6 Å². The van der Waals surface area contributed by atoms with Gasteiger partial charge in [-0.3, -0.25) is 4.98 Å². The summed E-state index contributed by atoms with van der Waals surface area (Å²) in [6.07, 6.45) is 3.51. The van der Waals surface area contributed by atoms with Crippen LogP contribution < -0.4 is 10.6 Å². The largest absolute Gasteiger partial charge is 0.373 e. The predicted octanol–water partition coefficient (Wildman–Crippen LogP) is 2.40. The Morgan fingerprint density at radius 2 is 1.83 bits per heavy atom. The SMILES string of the molecule is CNc1cc(-c2ccncc2)nc(NC(C)C)n1. The third kappa shape index (κ3) is 2.94. The van der Waals surface area contributed by atoms with E-state index in [1.807, 2.05) is 25.2 Å². The van der Waals surface area contributed by atoms with Gasteiger partial charge in [0.05, 0.1) is 5.69 Å². The van der Waals surface area contributed by atoms with Crippen LogP contribution in [0.5, 0.6) is 0 Å². The van der Waals surface area contributed by atoms with Crippen LogP contribution in [-0.2, 0) is 0 Å².